The number of nitrogens with one attached hydrogen (secondary N) is 1. The summed E-state index contributed by atoms with van der Waals surface area (Å²) >= 11 is 0. The van der Waals surface area contributed by atoms with Crippen LogP contribution in [-0.2, 0) is 11.2 Å². The van der Waals surface area contributed by atoms with Crippen molar-refractivity contribution < 1.29 is 9.90 Å². The molecule has 0 aromatic heterocycles. The molecule has 1 aromatic carbocycles. The standard InChI is InChI=1S/C15H22N2O2/c1-3-10-6-7-12(18)11(9-10)17-14(19)15(2)8-4-5-13(15)16/h6-7,9,13,18H,3-5,8,16H2,1-2H3,(H,17,19). The Balaban J connectivity index is 2.19. The molecule has 4 nitrogen and oxygen atoms in total. The summed E-state index contributed by atoms with van der Waals surface area (Å²) in [5.41, 5.74) is 7.06. The largest absolute Gasteiger partial charge is 0.506 e. The van der Waals surface area contributed by atoms with Crippen molar-refractivity contribution in [2.24, 2.45) is 11.1 Å². The average molecular weight is 262 g/mol. The van der Waals surface area contributed by atoms with Gasteiger partial charge in [0.25, 0.3) is 0 Å². The van der Waals surface area contributed by atoms with Gasteiger partial charge < -0.3 is 16.2 Å². The van der Waals surface area contributed by atoms with Gasteiger partial charge in [-0.25, -0.2) is 0 Å². The first-order valence-corrected chi connectivity index (χ1v) is 6.86. The van der Waals surface area contributed by atoms with Crippen molar-refractivity contribution in [3.8, 4) is 5.75 Å². The number of carbonyl (C=O) groups excluding carboxylic acids is 1. The maximum Gasteiger partial charge on any atom is 0.231 e. The Kier molecular flexibility index (Phi) is 3.80. The highest BCUT2D eigenvalue weighted by atomic mass is 16.3. The SMILES string of the molecule is CCc1ccc(O)c(NC(=O)C2(C)CCCC2N)c1. The van der Waals surface area contributed by atoms with Crippen molar-refractivity contribution in [2.45, 2.75) is 45.6 Å². The highest BCUT2D eigenvalue weighted by Gasteiger charge is 2.43. The molecule has 1 aliphatic rings. The summed E-state index contributed by atoms with van der Waals surface area (Å²) in [5.74, 6) is 0.00164. The van der Waals surface area contributed by atoms with Gasteiger partial charge in [-0.15, -0.1) is 0 Å². The molecule has 0 spiro atoms. The van der Waals surface area contributed by atoms with Crippen molar-refractivity contribution in [2.75, 3.05) is 5.32 Å². The molecule has 2 atom stereocenters. The second-order valence-electron chi connectivity index (χ2n) is 5.58. The van der Waals surface area contributed by atoms with Crippen LogP contribution in [0.15, 0.2) is 18.2 Å². The molecule has 1 aromatic rings. The molecular weight excluding hydrogens is 240 g/mol. The molecule has 2 unspecified atom stereocenters. The van der Waals surface area contributed by atoms with E-state index in [0.29, 0.717) is 5.69 Å². The van der Waals surface area contributed by atoms with Gasteiger partial charge in [-0.05, 0) is 43.9 Å². The van der Waals surface area contributed by atoms with Crippen molar-refractivity contribution in [1.29, 1.82) is 0 Å². The van der Waals surface area contributed by atoms with E-state index in [2.05, 4.69) is 5.32 Å². The molecule has 0 bridgehead atoms. The van der Waals surface area contributed by atoms with E-state index < -0.39 is 5.41 Å². The Morgan fingerprint density at radius 2 is 2.32 bits per heavy atom. The van der Waals surface area contributed by atoms with Crippen LogP contribution >= 0.6 is 0 Å². The number of rotatable bonds is 3. The van der Waals surface area contributed by atoms with Crippen LogP contribution in [0.25, 0.3) is 0 Å². The predicted octanol–water partition coefficient (Wildman–Crippen LogP) is 2.41. The summed E-state index contributed by atoms with van der Waals surface area (Å²) in [4.78, 5) is 12.4. The van der Waals surface area contributed by atoms with Crippen LogP contribution < -0.4 is 11.1 Å². The number of amides is 1. The van der Waals surface area contributed by atoms with E-state index in [9.17, 15) is 9.90 Å². The number of nitrogens with two attached hydrogens (primary N) is 1. The molecule has 4 heteroatoms. The van der Waals surface area contributed by atoms with E-state index in [1.165, 1.54) is 0 Å². The fourth-order valence-electron chi connectivity index (χ4n) is 2.64. The number of phenolic OH excluding ortho intramolecular Hbond substituents is 1. The van der Waals surface area contributed by atoms with Crippen LogP contribution in [0, 0.1) is 5.41 Å². The molecule has 1 amide bonds. The number of hydrogen-bond acceptors (Lipinski definition) is 3. The minimum Gasteiger partial charge on any atom is -0.506 e. The van der Waals surface area contributed by atoms with Crippen molar-refractivity contribution >= 4 is 11.6 Å². The predicted molar refractivity (Wildman–Crippen MR) is 76.0 cm³/mol. The molecule has 2 rings (SSSR count). The van der Waals surface area contributed by atoms with Crippen LogP contribution in [-0.4, -0.2) is 17.1 Å². The lowest BCUT2D eigenvalue weighted by molar-refractivity contribution is -0.125. The Labute approximate surface area is 114 Å². The lowest BCUT2D eigenvalue weighted by Gasteiger charge is -2.27. The van der Waals surface area contributed by atoms with Gasteiger partial charge in [-0.2, -0.15) is 0 Å². The summed E-state index contributed by atoms with van der Waals surface area (Å²) in [6.45, 7) is 3.94. The Morgan fingerprint density at radius 1 is 1.58 bits per heavy atom. The number of benzene rings is 1. The highest BCUT2D eigenvalue weighted by Crippen LogP contribution is 2.38. The Bertz CT molecular complexity index is 487. The number of carbonyl (C=O) groups is 1. The average Bonchev–Trinajstić information content (AvgIpc) is 2.73. The van der Waals surface area contributed by atoms with Gasteiger partial charge in [-0.3, -0.25) is 4.79 Å². The van der Waals surface area contributed by atoms with E-state index >= 15 is 0 Å². The van der Waals surface area contributed by atoms with Gasteiger partial charge >= 0.3 is 0 Å². The second-order valence-corrected chi connectivity index (χ2v) is 5.58. The highest BCUT2D eigenvalue weighted by molar-refractivity contribution is 5.97. The molecule has 104 valence electrons. The Morgan fingerprint density at radius 3 is 2.89 bits per heavy atom. The zero-order chi connectivity index (χ0) is 14.0. The first kappa shape index (κ1) is 13.9. The van der Waals surface area contributed by atoms with Crippen molar-refractivity contribution in [1.82, 2.24) is 0 Å². The van der Waals surface area contributed by atoms with E-state index in [1.807, 2.05) is 26.0 Å². The van der Waals surface area contributed by atoms with Crippen LogP contribution in [0.2, 0.25) is 0 Å². The van der Waals surface area contributed by atoms with Gasteiger partial charge in [-0.1, -0.05) is 19.4 Å². The lowest BCUT2D eigenvalue weighted by atomic mass is 9.84. The van der Waals surface area contributed by atoms with Crippen molar-refractivity contribution in [3.05, 3.63) is 23.8 Å². The van der Waals surface area contributed by atoms with Crippen LogP contribution in [0.1, 0.15) is 38.7 Å². The third-order valence-corrected chi connectivity index (χ3v) is 4.27. The topological polar surface area (TPSA) is 75.3 Å². The molecule has 1 fully saturated rings. The van der Waals surface area contributed by atoms with E-state index in [0.717, 1.165) is 31.2 Å². The summed E-state index contributed by atoms with van der Waals surface area (Å²) in [6, 6.07) is 5.18. The Hall–Kier alpha value is -1.55. The molecule has 1 saturated carbocycles. The van der Waals surface area contributed by atoms with Gasteiger partial charge in [0.1, 0.15) is 5.75 Å². The molecule has 4 N–H and O–H groups in total. The molecule has 0 heterocycles. The fourth-order valence-corrected chi connectivity index (χ4v) is 2.64. The van der Waals surface area contributed by atoms with Crippen LogP contribution in [0.4, 0.5) is 5.69 Å². The van der Waals surface area contributed by atoms with Gasteiger partial charge in [0.05, 0.1) is 11.1 Å². The zero-order valence-electron chi connectivity index (χ0n) is 11.6. The third kappa shape index (κ3) is 2.59. The minimum atomic E-state index is -0.533. The molecule has 0 aliphatic heterocycles. The van der Waals surface area contributed by atoms with Gasteiger partial charge in [0.2, 0.25) is 5.91 Å². The minimum absolute atomic E-state index is 0.0962. The van der Waals surface area contributed by atoms with Crippen molar-refractivity contribution in [3.63, 3.8) is 0 Å². The molecule has 0 saturated heterocycles. The first-order valence-electron chi connectivity index (χ1n) is 6.86. The van der Waals surface area contributed by atoms with Crippen LogP contribution in [0.3, 0.4) is 0 Å². The normalized spacial score (nSPS) is 26.4. The summed E-state index contributed by atoms with van der Waals surface area (Å²) in [5, 5.41) is 12.7. The molecule has 1 aliphatic carbocycles. The number of aromatic hydroxyl groups is 1. The van der Waals surface area contributed by atoms with Gasteiger partial charge in [0.15, 0.2) is 0 Å². The fraction of sp³-hybridized carbons (Fsp3) is 0.533. The number of hydrogen-bond donors (Lipinski definition) is 3. The number of phenols is 1. The zero-order valence-corrected chi connectivity index (χ0v) is 11.6. The van der Waals surface area contributed by atoms with Gasteiger partial charge in [0, 0.05) is 6.04 Å². The second kappa shape index (κ2) is 5.21. The first-order chi connectivity index (χ1) is 8.97. The maximum atomic E-state index is 12.4. The summed E-state index contributed by atoms with van der Waals surface area (Å²) in [6.07, 6.45) is 3.52. The van der Waals surface area contributed by atoms with E-state index in [1.54, 1.807) is 6.07 Å². The quantitative estimate of drug-likeness (QED) is 0.732. The maximum absolute atomic E-state index is 12.4. The summed E-state index contributed by atoms with van der Waals surface area (Å²) < 4.78 is 0. The van der Waals surface area contributed by atoms with E-state index in [4.69, 9.17) is 5.73 Å². The summed E-state index contributed by atoms with van der Waals surface area (Å²) in [7, 11) is 0. The number of aryl methyl sites for hydroxylation is 1. The van der Waals surface area contributed by atoms with Crippen LogP contribution in [0.5, 0.6) is 5.75 Å². The molecule has 0 radical (unpaired) electrons. The molecule has 19 heavy (non-hydrogen) atoms. The molecular formula is C15H22N2O2. The lowest BCUT2D eigenvalue weighted by Crippen LogP contribution is -2.44. The van der Waals surface area contributed by atoms with E-state index in [-0.39, 0.29) is 17.7 Å². The third-order valence-electron chi connectivity index (χ3n) is 4.27. The number of anilines is 1. The smallest absolute Gasteiger partial charge is 0.231 e. The monoisotopic (exact) mass is 262 g/mol.